The lowest BCUT2D eigenvalue weighted by Crippen LogP contribution is -2.13. The number of amides is 1. The van der Waals surface area contributed by atoms with Crippen molar-refractivity contribution in [1.29, 1.82) is 0 Å². The Morgan fingerprint density at radius 1 is 1.53 bits per heavy atom. The van der Waals surface area contributed by atoms with Crippen molar-refractivity contribution < 1.29 is 9.32 Å². The second-order valence-corrected chi connectivity index (χ2v) is 3.71. The lowest BCUT2D eigenvalue weighted by Gasteiger charge is -2.02. The molecule has 0 aliphatic rings. The molecule has 0 bridgehead atoms. The van der Waals surface area contributed by atoms with Gasteiger partial charge < -0.3 is 15.6 Å². The van der Waals surface area contributed by atoms with Gasteiger partial charge in [-0.3, -0.25) is 4.79 Å². The van der Waals surface area contributed by atoms with Gasteiger partial charge in [-0.1, -0.05) is 17.1 Å². The van der Waals surface area contributed by atoms with E-state index in [0.717, 1.165) is 0 Å². The molecule has 0 unspecified atom stereocenters. The van der Waals surface area contributed by atoms with E-state index in [0.29, 0.717) is 17.1 Å². The minimum Gasteiger partial charge on any atom is -0.351 e. The minimum atomic E-state index is -0.397. The van der Waals surface area contributed by atoms with E-state index in [1.54, 1.807) is 25.1 Å². The van der Waals surface area contributed by atoms with Gasteiger partial charge in [0.05, 0.1) is 12.7 Å². The number of nitrogens with two attached hydrogens (primary N) is 1. The molecule has 19 heavy (non-hydrogen) atoms. The van der Waals surface area contributed by atoms with Crippen molar-refractivity contribution in [2.75, 3.05) is 11.9 Å². The fourth-order valence-electron chi connectivity index (χ4n) is 1.40. The van der Waals surface area contributed by atoms with Crippen LogP contribution < -0.4 is 11.1 Å². The number of carbonyl (C=O) groups excluding carboxylic acids is 1. The molecule has 1 amide bonds. The van der Waals surface area contributed by atoms with E-state index in [1.165, 1.54) is 6.20 Å². The van der Waals surface area contributed by atoms with Gasteiger partial charge in [0.25, 0.3) is 5.91 Å². The zero-order chi connectivity index (χ0) is 13.7. The Balaban J connectivity index is 2.15. The number of nitrogens with one attached hydrogen (secondary N) is 1. The average Bonchev–Trinajstić information content (AvgIpc) is 2.83. The summed E-state index contributed by atoms with van der Waals surface area (Å²) in [5.74, 6) is 5.65. The predicted molar refractivity (Wildman–Crippen MR) is 69.4 cm³/mol. The molecule has 0 saturated heterocycles. The van der Waals surface area contributed by atoms with Crippen LogP contribution in [-0.2, 0) is 0 Å². The summed E-state index contributed by atoms with van der Waals surface area (Å²) in [5, 5.41) is 6.17. The number of nitrogens with zero attached hydrogens (tertiary/aromatic N) is 2. The summed E-state index contributed by atoms with van der Waals surface area (Å²) in [7, 11) is 0. The maximum Gasteiger partial charge on any atom is 0.295 e. The molecule has 0 radical (unpaired) electrons. The molecule has 0 spiro atoms. The number of hydrogen-bond acceptors (Lipinski definition) is 5. The monoisotopic (exact) mass is 256 g/mol. The Morgan fingerprint density at radius 2 is 2.37 bits per heavy atom. The molecule has 0 aromatic carbocycles. The number of aromatic nitrogens is 2. The molecule has 6 nitrogen and oxygen atoms in total. The Labute approximate surface area is 110 Å². The molecule has 96 valence electrons. The van der Waals surface area contributed by atoms with Crippen LogP contribution >= 0.6 is 0 Å². The Bertz CT molecular complexity index is 652. The van der Waals surface area contributed by atoms with Gasteiger partial charge in [0.2, 0.25) is 5.76 Å². The molecule has 0 aliphatic carbocycles. The third kappa shape index (κ3) is 3.18. The minimum absolute atomic E-state index is 0.167. The van der Waals surface area contributed by atoms with E-state index in [-0.39, 0.29) is 12.3 Å². The molecule has 2 rings (SSSR count). The average molecular weight is 256 g/mol. The Hall–Kier alpha value is -2.65. The normalized spacial score (nSPS) is 9.58. The van der Waals surface area contributed by atoms with Crippen LogP contribution in [0.25, 0.3) is 0 Å². The summed E-state index contributed by atoms with van der Waals surface area (Å²) in [6, 6.07) is 5.14. The Kier molecular flexibility index (Phi) is 3.90. The van der Waals surface area contributed by atoms with Gasteiger partial charge in [-0.15, -0.1) is 0 Å². The number of anilines is 1. The number of carbonyl (C=O) groups is 1. The van der Waals surface area contributed by atoms with Crippen LogP contribution in [0.4, 0.5) is 5.82 Å². The summed E-state index contributed by atoms with van der Waals surface area (Å²) in [5.41, 5.74) is 6.49. The first kappa shape index (κ1) is 12.8. The van der Waals surface area contributed by atoms with E-state index in [1.807, 2.05) is 0 Å². The smallest absolute Gasteiger partial charge is 0.295 e. The van der Waals surface area contributed by atoms with E-state index >= 15 is 0 Å². The zero-order valence-corrected chi connectivity index (χ0v) is 10.3. The zero-order valence-electron chi connectivity index (χ0n) is 10.3. The topological polar surface area (TPSA) is 94.0 Å². The molecular formula is C13H12N4O2. The molecule has 6 heteroatoms. The molecule has 0 aliphatic heterocycles. The van der Waals surface area contributed by atoms with Crippen molar-refractivity contribution >= 4 is 11.7 Å². The quantitative estimate of drug-likeness (QED) is 0.780. The van der Waals surface area contributed by atoms with Gasteiger partial charge in [-0.2, -0.15) is 0 Å². The maximum atomic E-state index is 11.9. The van der Waals surface area contributed by atoms with Crippen LogP contribution in [0.2, 0.25) is 0 Å². The molecule has 0 fully saturated rings. The molecule has 3 N–H and O–H groups in total. The van der Waals surface area contributed by atoms with Gasteiger partial charge in [0, 0.05) is 5.56 Å². The summed E-state index contributed by atoms with van der Waals surface area (Å²) in [6.45, 7) is 2.00. The fraction of sp³-hybridized carbons (Fsp3) is 0.154. The van der Waals surface area contributed by atoms with Crippen molar-refractivity contribution in [3.8, 4) is 11.8 Å². The highest BCUT2D eigenvalue weighted by molar-refractivity contribution is 6.02. The van der Waals surface area contributed by atoms with Gasteiger partial charge in [0.15, 0.2) is 0 Å². The lowest BCUT2D eigenvalue weighted by atomic mass is 10.3. The SMILES string of the molecule is Cc1cnoc1C(=O)Nc1cccc(C#CCN)n1. The summed E-state index contributed by atoms with van der Waals surface area (Å²) >= 11 is 0. The van der Waals surface area contributed by atoms with Crippen LogP contribution in [-0.4, -0.2) is 22.6 Å². The molecule has 0 atom stereocenters. The van der Waals surface area contributed by atoms with Gasteiger partial charge in [-0.05, 0) is 25.0 Å². The third-order valence-corrected chi connectivity index (χ3v) is 2.26. The first-order valence-electron chi connectivity index (χ1n) is 5.59. The molecule has 2 aromatic rings. The highest BCUT2D eigenvalue weighted by Crippen LogP contribution is 2.10. The van der Waals surface area contributed by atoms with Gasteiger partial charge in [-0.25, -0.2) is 4.98 Å². The summed E-state index contributed by atoms with van der Waals surface area (Å²) in [6.07, 6.45) is 1.48. The van der Waals surface area contributed by atoms with Crippen LogP contribution in [0.15, 0.2) is 28.9 Å². The van der Waals surface area contributed by atoms with Crippen LogP contribution in [0.3, 0.4) is 0 Å². The van der Waals surface area contributed by atoms with E-state index < -0.39 is 5.91 Å². The fourth-order valence-corrected chi connectivity index (χ4v) is 1.40. The number of hydrogen-bond donors (Lipinski definition) is 2. The van der Waals surface area contributed by atoms with Gasteiger partial charge >= 0.3 is 0 Å². The largest absolute Gasteiger partial charge is 0.351 e. The third-order valence-electron chi connectivity index (χ3n) is 2.26. The van der Waals surface area contributed by atoms with Crippen molar-refractivity contribution in [3.05, 3.63) is 41.4 Å². The molecule has 2 heterocycles. The van der Waals surface area contributed by atoms with E-state index in [9.17, 15) is 4.79 Å². The van der Waals surface area contributed by atoms with Crippen molar-refractivity contribution in [2.45, 2.75) is 6.92 Å². The summed E-state index contributed by atoms with van der Waals surface area (Å²) < 4.78 is 4.86. The first-order valence-corrected chi connectivity index (χ1v) is 5.59. The first-order chi connectivity index (χ1) is 9.20. The number of aryl methyl sites for hydroxylation is 1. The van der Waals surface area contributed by atoms with Gasteiger partial charge in [0.1, 0.15) is 11.5 Å². The summed E-state index contributed by atoms with van der Waals surface area (Å²) in [4.78, 5) is 16.0. The highest BCUT2D eigenvalue weighted by Gasteiger charge is 2.14. The highest BCUT2D eigenvalue weighted by atomic mass is 16.5. The van der Waals surface area contributed by atoms with Crippen molar-refractivity contribution in [3.63, 3.8) is 0 Å². The van der Waals surface area contributed by atoms with Crippen molar-refractivity contribution in [2.24, 2.45) is 5.73 Å². The number of rotatable bonds is 2. The predicted octanol–water partition coefficient (Wildman–Crippen LogP) is 0.941. The molecule has 2 aromatic heterocycles. The second-order valence-electron chi connectivity index (χ2n) is 3.71. The van der Waals surface area contributed by atoms with E-state index in [4.69, 9.17) is 10.3 Å². The van der Waals surface area contributed by atoms with Crippen LogP contribution in [0, 0.1) is 18.8 Å². The molecular weight excluding hydrogens is 244 g/mol. The number of pyridine rings is 1. The molecule has 0 saturated carbocycles. The van der Waals surface area contributed by atoms with E-state index in [2.05, 4.69) is 27.3 Å². The van der Waals surface area contributed by atoms with Crippen LogP contribution in [0.1, 0.15) is 21.8 Å². The standard InChI is InChI=1S/C13H12N4O2/c1-9-8-15-19-12(9)13(18)17-11-6-2-4-10(16-11)5-3-7-14/h2,4,6,8H,7,14H2,1H3,(H,16,17,18). The Morgan fingerprint density at radius 3 is 3.05 bits per heavy atom. The lowest BCUT2D eigenvalue weighted by molar-refractivity contribution is 0.0986. The maximum absolute atomic E-state index is 11.9. The van der Waals surface area contributed by atoms with Crippen LogP contribution in [0.5, 0.6) is 0 Å². The second kappa shape index (κ2) is 5.80. The van der Waals surface area contributed by atoms with Crippen molar-refractivity contribution in [1.82, 2.24) is 10.1 Å².